The number of anilines is 2. The Hall–Kier alpha value is -3.48. The van der Waals surface area contributed by atoms with Crippen molar-refractivity contribution in [2.24, 2.45) is 5.92 Å². The summed E-state index contributed by atoms with van der Waals surface area (Å²) in [7, 11) is 1.58. The van der Waals surface area contributed by atoms with E-state index >= 15 is 0 Å². The molecule has 2 aromatic carbocycles. The third kappa shape index (κ3) is 4.40. The fourth-order valence-corrected chi connectivity index (χ4v) is 3.63. The number of amides is 1. The average Bonchev–Trinajstić information content (AvgIpc) is 2.80. The number of nitrogens with zero attached hydrogens (tertiary/aromatic N) is 3. The van der Waals surface area contributed by atoms with Crippen molar-refractivity contribution < 1.29 is 13.9 Å². The first-order chi connectivity index (χ1) is 14.6. The van der Waals surface area contributed by atoms with Crippen molar-refractivity contribution in [3.8, 4) is 16.9 Å². The zero-order valence-electron chi connectivity index (χ0n) is 16.7. The van der Waals surface area contributed by atoms with Gasteiger partial charge in [0.2, 0.25) is 11.9 Å². The quantitative estimate of drug-likeness (QED) is 0.690. The van der Waals surface area contributed by atoms with Crippen LogP contribution in [0.5, 0.6) is 5.75 Å². The maximum Gasteiger partial charge on any atom is 0.229 e. The van der Waals surface area contributed by atoms with Gasteiger partial charge in [-0.3, -0.25) is 4.79 Å². The maximum absolute atomic E-state index is 13.1. The highest BCUT2D eigenvalue weighted by Crippen LogP contribution is 2.27. The number of carbonyl (C=O) groups excluding carboxylic acids is 1. The van der Waals surface area contributed by atoms with Gasteiger partial charge in [0.05, 0.1) is 18.7 Å². The SMILES string of the molecule is COc1ccccc1NC(=O)C1CCCN(c2ncc(-c3ccc(F)cc3)cn2)C1. The summed E-state index contributed by atoms with van der Waals surface area (Å²) >= 11 is 0. The molecule has 1 atom stereocenters. The van der Waals surface area contributed by atoms with Crippen molar-refractivity contribution in [1.29, 1.82) is 0 Å². The highest BCUT2D eigenvalue weighted by molar-refractivity contribution is 5.94. The van der Waals surface area contributed by atoms with Gasteiger partial charge in [-0.2, -0.15) is 0 Å². The molecule has 1 unspecified atom stereocenters. The summed E-state index contributed by atoms with van der Waals surface area (Å²) in [6.07, 6.45) is 5.15. The molecule has 3 aromatic rings. The summed E-state index contributed by atoms with van der Waals surface area (Å²) in [5.74, 6) is 0.757. The Morgan fingerprint density at radius 3 is 2.57 bits per heavy atom. The molecule has 1 aliphatic heterocycles. The van der Waals surface area contributed by atoms with E-state index in [-0.39, 0.29) is 17.6 Å². The van der Waals surface area contributed by atoms with Gasteiger partial charge in [0.1, 0.15) is 11.6 Å². The monoisotopic (exact) mass is 406 g/mol. The molecular weight excluding hydrogens is 383 g/mol. The van der Waals surface area contributed by atoms with Crippen molar-refractivity contribution in [3.63, 3.8) is 0 Å². The molecule has 6 nitrogen and oxygen atoms in total. The molecule has 0 spiro atoms. The normalized spacial score (nSPS) is 16.2. The Bertz CT molecular complexity index is 1010. The number of para-hydroxylation sites is 2. The molecule has 2 heterocycles. The lowest BCUT2D eigenvalue weighted by Gasteiger charge is -2.32. The number of piperidine rings is 1. The number of carbonyl (C=O) groups is 1. The highest BCUT2D eigenvalue weighted by atomic mass is 19.1. The van der Waals surface area contributed by atoms with Crippen LogP contribution >= 0.6 is 0 Å². The molecule has 1 aromatic heterocycles. The van der Waals surface area contributed by atoms with E-state index in [2.05, 4.69) is 15.3 Å². The summed E-state index contributed by atoms with van der Waals surface area (Å²) in [6, 6.07) is 13.6. The second-order valence-electron chi connectivity index (χ2n) is 7.25. The van der Waals surface area contributed by atoms with Gasteiger partial charge in [0, 0.05) is 31.0 Å². The van der Waals surface area contributed by atoms with Crippen LogP contribution in [0.4, 0.5) is 16.0 Å². The van der Waals surface area contributed by atoms with Crippen LogP contribution in [0.15, 0.2) is 60.9 Å². The van der Waals surface area contributed by atoms with Gasteiger partial charge in [0.15, 0.2) is 0 Å². The standard InChI is InChI=1S/C23H23FN4O2/c1-30-21-7-3-2-6-20(21)27-22(29)17-5-4-12-28(15-17)23-25-13-18(14-26-23)16-8-10-19(24)11-9-16/h2-3,6-11,13-14,17H,4-5,12,15H2,1H3,(H,27,29). The maximum atomic E-state index is 13.1. The molecule has 0 radical (unpaired) electrons. The van der Waals surface area contributed by atoms with Gasteiger partial charge in [-0.25, -0.2) is 14.4 Å². The van der Waals surface area contributed by atoms with Crippen LogP contribution in [0, 0.1) is 11.7 Å². The van der Waals surface area contributed by atoms with Crippen LogP contribution < -0.4 is 15.0 Å². The second-order valence-corrected chi connectivity index (χ2v) is 7.25. The minimum Gasteiger partial charge on any atom is -0.495 e. The van der Waals surface area contributed by atoms with Crippen LogP contribution in [-0.2, 0) is 4.79 Å². The Morgan fingerprint density at radius 2 is 1.83 bits per heavy atom. The zero-order valence-corrected chi connectivity index (χ0v) is 16.7. The fourth-order valence-electron chi connectivity index (χ4n) is 3.63. The Labute approximate surface area is 174 Å². The minimum atomic E-state index is -0.276. The lowest BCUT2D eigenvalue weighted by molar-refractivity contribution is -0.120. The number of hydrogen-bond acceptors (Lipinski definition) is 5. The number of benzene rings is 2. The molecule has 1 saturated heterocycles. The molecular formula is C23H23FN4O2. The number of hydrogen-bond donors (Lipinski definition) is 1. The number of rotatable bonds is 5. The number of nitrogens with one attached hydrogen (secondary N) is 1. The Kier molecular flexibility index (Phi) is 5.88. The number of ether oxygens (including phenoxy) is 1. The summed E-state index contributed by atoms with van der Waals surface area (Å²) in [4.78, 5) is 23.8. The topological polar surface area (TPSA) is 67.3 Å². The van der Waals surface area contributed by atoms with Crippen LogP contribution in [0.3, 0.4) is 0 Å². The molecule has 1 aliphatic rings. The second kappa shape index (κ2) is 8.90. The largest absolute Gasteiger partial charge is 0.495 e. The predicted octanol–water partition coefficient (Wildman–Crippen LogP) is 4.15. The molecule has 154 valence electrons. The Morgan fingerprint density at radius 1 is 1.10 bits per heavy atom. The minimum absolute atomic E-state index is 0.0351. The molecule has 0 aliphatic carbocycles. The Balaban J connectivity index is 1.43. The van der Waals surface area contributed by atoms with E-state index in [1.54, 1.807) is 31.6 Å². The number of aromatic nitrogens is 2. The van der Waals surface area contributed by atoms with Crippen LogP contribution in [-0.4, -0.2) is 36.1 Å². The van der Waals surface area contributed by atoms with Crippen LogP contribution in [0.25, 0.3) is 11.1 Å². The summed E-state index contributed by atoms with van der Waals surface area (Å²) < 4.78 is 18.4. The van der Waals surface area contributed by atoms with E-state index in [9.17, 15) is 9.18 Å². The van der Waals surface area contributed by atoms with Crippen molar-refractivity contribution in [3.05, 3.63) is 66.7 Å². The van der Waals surface area contributed by atoms with E-state index in [0.717, 1.165) is 30.5 Å². The first-order valence-corrected chi connectivity index (χ1v) is 9.91. The summed E-state index contributed by atoms with van der Waals surface area (Å²) in [6.45, 7) is 1.35. The zero-order chi connectivity index (χ0) is 20.9. The third-order valence-corrected chi connectivity index (χ3v) is 5.26. The third-order valence-electron chi connectivity index (χ3n) is 5.26. The predicted molar refractivity (Wildman–Crippen MR) is 114 cm³/mol. The summed E-state index contributed by atoms with van der Waals surface area (Å²) in [5, 5.41) is 2.98. The van der Waals surface area contributed by atoms with E-state index in [1.807, 2.05) is 29.2 Å². The van der Waals surface area contributed by atoms with Gasteiger partial charge < -0.3 is 15.0 Å². The van der Waals surface area contributed by atoms with Gasteiger partial charge >= 0.3 is 0 Å². The van der Waals surface area contributed by atoms with Gasteiger partial charge in [-0.15, -0.1) is 0 Å². The van der Waals surface area contributed by atoms with E-state index in [0.29, 0.717) is 23.9 Å². The van der Waals surface area contributed by atoms with Gasteiger partial charge in [-0.05, 0) is 42.7 Å². The molecule has 0 saturated carbocycles. The lowest BCUT2D eigenvalue weighted by Crippen LogP contribution is -2.41. The first kappa shape index (κ1) is 19.8. The van der Waals surface area contributed by atoms with Crippen molar-refractivity contribution in [2.45, 2.75) is 12.8 Å². The van der Waals surface area contributed by atoms with Crippen molar-refractivity contribution in [1.82, 2.24) is 9.97 Å². The number of halogens is 1. The van der Waals surface area contributed by atoms with Crippen LogP contribution in [0.1, 0.15) is 12.8 Å². The highest BCUT2D eigenvalue weighted by Gasteiger charge is 2.27. The summed E-state index contributed by atoms with van der Waals surface area (Å²) in [5.41, 5.74) is 2.35. The lowest BCUT2D eigenvalue weighted by atomic mass is 9.97. The van der Waals surface area contributed by atoms with Gasteiger partial charge in [-0.1, -0.05) is 24.3 Å². The molecule has 1 N–H and O–H groups in total. The number of methoxy groups -OCH3 is 1. The van der Waals surface area contributed by atoms with E-state index < -0.39 is 0 Å². The van der Waals surface area contributed by atoms with Crippen molar-refractivity contribution >= 4 is 17.5 Å². The van der Waals surface area contributed by atoms with E-state index in [4.69, 9.17) is 4.74 Å². The first-order valence-electron chi connectivity index (χ1n) is 9.91. The van der Waals surface area contributed by atoms with E-state index in [1.165, 1.54) is 12.1 Å². The van der Waals surface area contributed by atoms with Gasteiger partial charge in [0.25, 0.3) is 0 Å². The average molecular weight is 406 g/mol. The molecule has 0 bridgehead atoms. The van der Waals surface area contributed by atoms with Crippen molar-refractivity contribution in [2.75, 3.05) is 30.4 Å². The molecule has 30 heavy (non-hydrogen) atoms. The molecule has 1 fully saturated rings. The smallest absolute Gasteiger partial charge is 0.229 e. The molecule has 7 heteroatoms. The molecule has 1 amide bonds. The van der Waals surface area contributed by atoms with Crippen LogP contribution in [0.2, 0.25) is 0 Å². The fraction of sp³-hybridized carbons (Fsp3) is 0.261. The molecule has 4 rings (SSSR count).